The smallest absolute Gasteiger partial charge is 0.338 e. The molecule has 0 aliphatic heterocycles. The van der Waals surface area contributed by atoms with E-state index < -0.39 is 18.5 Å². The third-order valence-corrected chi connectivity index (χ3v) is 4.31. The van der Waals surface area contributed by atoms with Gasteiger partial charge in [-0.15, -0.1) is 0 Å². The summed E-state index contributed by atoms with van der Waals surface area (Å²) in [7, 11) is 0. The number of halogens is 2. The molecule has 0 aromatic heterocycles. The Morgan fingerprint density at radius 1 is 1.07 bits per heavy atom. The Morgan fingerprint density at radius 2 is 1.81 bits per heavy atom. The summed E-state index contributed by atoms with van der Waals surface area (Å²) >= 11 is 11.8. The van der Waals surface area contributed by atoms with Gasteiger partial charge in [0.25, 0.3) is 5.91 Å². The highest BCUT2D eigenvalue weighted by atomic mass is 35.5. The van der Waals surface area contributed by atoms with Gasteiger partial charge in [-0.25, -0.2) is 4.79 Å². The van der Waals surface area contributed by atoms with Gasteiger partial charge in [-0.1, -0.05) is 35.3 Å². The molecule has 0 saturated carbocycles. The van der Waals surface area contributed by atoms with Crippen LogP contribution < -0.4 is 10.6 Å². The van der Waals surface area contributed by atoms with Gasteiger partial charge in [0.15, 0.2) is 6.61 Å². The molecule has 0 bridgehead atoms. The van der Waals surface area contributed by atoms with Crippen LogP contribution in [-0.2, 0) is 14.3 Å². The lowest BCUT2D eigenvalue weighted by molar-refractivity contribution is -0.124. The van der Waals surface area contributed by atoms with Gasteiger partial charge in [-0.3, -0.25) is 9.59 Å². The van der Waals surface area contributed by atoms with Crippen molar-refractivity contribution in [2.24, 2.45) is 0 Å². The van der Waals surface area contributed by atoms with Crippen molar-refractivity contribution >= 4 is 46.7 Å². The van der Waals surface area contributed by atoms with E-state index in [-0.39, 0.29) is 17.5 Å². The molecule has 2 amide bonds. The number of carbonyl (C=O) groups is 3. The predicted molar refractivity (Wildman–Crippen MR) is 104 cm³/mol. The van der Waals surface area contributed by atoms with E-state index in [9.17, 15) is 14.4 Å². The van der Waals surface area contributed by atoms with Gasteiger partial charge in [0.05, 0.1) is 21.7 Å². The Hall–Kier alpha value is -2.57. The number of carbonyl (C=O) groups excluding carboxylic acids is 3. The number of benzene rings is 2. The van der Waals surface area contributed by atoms with Crippen LogP contribution in [0.1, 0.15) is 35.8 Å². The van der Waals surface area contributed by atoms with Gasteiger partial charge in [0.1, 0.15) is 0 Å². The molecule has 0 saturated heterocycles. The highest BCUT2D eigenvalue weighted by Gasteiger charge is 2.14. The summed E-state index contributed by atoms with van der Waals surface area (Å²) in [6.45, 7) is 2.70. The fourth-order valence-corrected chi connectivity index (χ4v) is 2.60. The van der Waals surface area contributed by atoms with E-state index in [2.05, 4.69) is 10.6 Å². The van der Waals surface area contributed by atoms with Crippen LogP contribution in [0.3, 0.4) is 0 Å². The van der Waals surface area contributed by atoms with Gasteiger partial charge in [-0.2, -0.15) is 0 Å². The van der Waals surface area contributed by atoms with Crippen LogP contribution in [0.15, 0.2) is 42.5 Å². The van der Waals surface area contributed by atoms with Gasteiger partial charge in [0, 0.05) is 12.6 Å². The van der Waals surface area contributed by atoms with Gasteiger partial charge >= 0.3 is 5.97 Å². The summed E-state index contributed by atoms with van der Waals surface area (Å²) < 4.78 is 5.02. The number of esters is 1. The monoisotopic (exact) mass is 408 g/mol. The second kappa shape index (κ2) is 9.39. The van der Waals surface area contributed by atoms with Crippen molar-refractivity contribution in [1.29, 1.82) is 0 Å². The summed E-state index contributed by atoms with van der Waals surface area (Å²) in [4.78, 5) is 35.2. The van der Waals surface area contributed by atoms with Crippen molar-refractivity contribution in [2.75, 3.05) is 11.9 Å². The van der Waals surface area contributed by atoms with Crippen molar-refractivity contribution in [3.63, 3.8) is 0 Å². The molecule has 2 aromatic carbocycles. The number of ether oxygens (including phenoxy) is 1. The van der Waals surface area contributed by atoms with E-state index in [1.54, 1.807) is 37.3 Å². The quantitative estimate of drug-likeness (QED) is 0.707. The number of hydrogen-bond donors (Lipinski definition) is 2. The maximum absolute atomic E-state index is 12.1. The molecule has 27 heavy (non-hydrogen) atoms. The molecule has 0 heterocycles. The van der Waals surface area contributed by atoms with Crippen molar-refractivity contribution < 1.29 is 19.1 Å². The topological polar surface area (TPSA) is 84.5 Å². The maximum Gasteiger partial charge on any atom is 0.338 e. The first-order valence-electron chi connectivity index (χ1n) is 8.05. The minimum Gasteiger partial charge on any atom is -0.452 e. The van der Waals surface area contributed by atoms with Crippen molar-refractivity contribution in [3.8, 4) is 0 Å². The Kier molecular flexibility index (Phi) is 7.21. The van der Waals surface area contributed by atoms with Crippen molar-refractivity contribution in [1.82, 2.24) is 5.32 Å². The fourth-order valence-electron chi connectivity index (χ4n) is 2.29. The summed E-state index contributed by atoms with van der Waals surface area (Å²) in [6.07, 6.45) is 0. The Bertz CT molecular complexity index is 871. The zero-order chi connectivity index (χ0) is 20.0. The molecule has 0 radical (unpaired) electrons. The lowest BCUT2D eigenvalue weighted by Gasteiger charge is -2.15. The molecule has 0 aliphatic rings. The Morgan fingerprint density at radius 3 is 2.48 bits per heavy atom. The van der Waals surface area contributed by atoms with E-state index in [1.165, 1.54) is 19.1 Å². The lowest BCUT2D eigenvalue weighted by atomic mass is 10.1. The summed E-state index contributed by atoms with van der Waals surface area (Å²) in [6, 6.07) is 11.0. The van der Waals surface area contributed by atoms with Crippen molar-refractivity contribution in [2.45, 2.75) is 19.9 Å². The number of amides is 2. The summed E-state index contributed by atoms with van der Waals surface area (Å²) in [5.74, 6) is -1.38. The average molecular weight is 409 g/mol. The SMILES string of the molecule is CC(=O)Nc1cccc(C(=O)OCC(=O)N[C@@H](C)c2ccc(Cl)c(Cl)c2)c1. The molecule has 0 aliphatic carbocycles. The molecule has 0 spiro atoms. The highest BCUT2D eigenvalue weighted by Crippen LogP contribution is 2.25. The molecule has 8 heteroatoms. The number of anilines is 1. The van der Waals surface area contributed by atoms with Crippen LogP contribution in [0, 0.1) is 0 Å². The minimum absolute atomic E-state index is 0.228. The van der Waals surface area contributed by atoms with Crippen molar-refractivity contribution in [3.05, 3.63) is 63.6 Å². The van der Waals surface area contributed by atoms with E-state index in [0.717, 1.165) is 5.56 Å². The molecule has 0 unspecified atom stereocenters. The Labute approximate surface area is 166 Å². The minimum atomic E-state index is -0.667. The molecule has 1 atom stereocenters. The fraction of sp³-hybridized carbons (Fsp3) is 0.211. The van der Waals surface area contributed by atoms with Gasteiger partial charge in [-0.05, 0) is 42.8 Å². The van der Waals surface area contributed by atoms with Crippen LogP contribution in [0.5, 0.6) is 0 Å². The first-order chi connectivity index (χ1) is 12.8. The molecule has 2 rings (SSSR count). The summed E-state index contributed by atoms with van der Waals surface area (Å²) in [5.41, 5.74) is 1.47. The summed E-state index contributed by atoms with van der Waals surface area (Å²) in [5, 5.41) is 6.10. The largest absolute Gasteiger partial charge is 0.452 e. The lowest BCUT2D eigenvalue weighted by Crippen LogP contribution is -2.31. The van der Waals surface area contributed by atoms with Crippen LogP contribution in [0.2, 0.25) is 10.0 Å². The zero-order valence-electron chi connectivity index (χ0n) is 14.7. The molecule has 2 aromatic rings. The molecular formula is C19H18Cl2N2O4. The normalized spacial score (nSPS) is 11.4. The van der Waals surface area contributed by atoms with Crippen LogP contribution in [0.25, 0.3) is 0 Å². The van der Waals surface area contributed by atoms with E-state index in [1.807, 2.05) is 0 Å². The number of rotatable bonds is 6. The Balaban J connectivity index is 1.90. The first kappa shape index (κ1) is 20.7. The van der Waals surface area contributed by atoms with E-state index in [4.69, 9.17) is 27.9 Å². The third-order valence-electron chi connectivity index (χ3n) is 3.57. The molecule has 142 valence electrons. The number of hydrogen-bond acceptors (Lipinski definition) is 4. The average Bonchev–Trinajstić information content (AvgIpc) is 2.61. The standard InChI is InChI=1S/C19H18Cl2N2O4/c1-11(13-6-7-16(20)17(21)9-13)22-18(25)10-27-19(26)14-4-3-5-15(8-14)23-12(2)24/h3-9,11H,10H2,1-2H3,(H,22,25)(H,23,24)/t11-/m0/s1. The van der Waals surface area contributed by atoms with Crippen LogP contribution in [0.4, 0.5) is 5.69 Å². The second-order valence-electron chi connectivity index (χ2n) is 5.80. The molecule has 0 fully saturated rings. The van der Waals surface area contributed by atoms with Gasteiger partial charge in [0.2, 0.25) is 5.91 Å². The highest BCUT2D eigenvalue weighted by molar-refractivity contribution is 6.42. The van der Waals surface area contributed by atoms with E-state index >= 15 is 0 Å². The molecule has 2 N–H and O–H groups in total. The zero-order valence-corrected chi connectivity index (χ0v) is 16.2. The third kappa shape index (κ3) is 6.27. The number of nitrogens with one attached hydrogen (secondary N) is 2. The second-order valence-corrected chi connectivity index (χ2v) is 6.62. The van der Waals surface area contributed by atoms with Crippen LogP contribution in [-0.4, -0.2) is 24.4 Å². The van der Waals surface area contributed by atoms with Gasteiger partial charge < -0.3 is 15.4 Å². The van der Waals surface area contributed by atoms with E-state index in [0.29, 0.717) is 15.7 Å². The molecular weight excluding hydrogens is 391 g/mol. The first-order valence-corrected chi connectivity index (χ1v) is 8.81. The van der Waals surface area contributed by atoms with Crippen LogP contribution >= 0.6 is 23.2 Å². The molecule has 6 nitrogen and oxygen atoms in total. The maximum atomic E-state index is 12.1. The predicted octanol–water partition coefficient (Wildman–Crippen LogP) is 3.99.